The number of carbonyl (C=O) groups is 1. The second kappa shape index (κ2) is 4.08. The summed E-state index contributed by atoms with van der Waals surface area (Å²) < 4.78 is 0. The zero-order valence-corrected chi connectivity index (χ0v) is 9.47. The van der Waals surface area contributed by atoms with E-state index in [0.717, 1.165) is 24.4 Å². The van der Waals surface area contributed by atoms with Crippen molar-refractivity contribution in [1.82, 2.24) is 9.97 Å². The molecule has 1 unspecified atom stereocenters. The van der Waals surface area contributed by atoms with Crippen LogP contribution in [0.4, 0.5) is 5.82 Å². The highest BCUT2D eigenvalue weighted by Crippen LogP contribution is 2.23. The van der Waals surface area contributed by atoms with Crippen molar-refractivity contribution in [1.29, 1.82) is 0 Å². The van der Waals surface area contributed by atoms with Crippen LogP contribution >= 0.6 is 0 Å². The van der Waals surface area contributed by atoms with Crippen LogP contribution in [0.2, 0.25) is 0 Å². The van der Waals surface area contributed by atoms with Crippen LogP contribution in [0.1, 0.15) is 24.2 Å². The van der Waals surface area contributed by atoms with Gasteiger partial charge in [0.05, 0.1) is 17.6 Å². The Morgan fingerprint density at radius 2 is 2.25 bits per heavy atom. The van der Waals surface area contributed by atoms with Crippen LogP contribution in [0.3, 0.4) is 0 Å². The molecule has 5 heteroatoms. The summed E-state index contributed by atoms with van der Waals surface area (Å²) in [6.07, 6.45) is 3.24. The van der Waals surface area contributed by atoms with Gasteiger partial charge in [-0.15, -0.1) is 0 Å². The van der Waals surface area contributed by atoms with Crippen LogP contribution in [-0.2, 0) is 4.79 Å². The molecule has 0 bridgehead atoms. The van der Waals surface area contributed by atoms with E-state index in [-0.39, 0.29) is 0 Å². The molecule has 5 nitrogen and oxygen atoms in total. The SMILES string of the molecule is Cc1ncc(N2CCCC2C(=O)O)nc1C. The van der Waals surface area contributed by atoms with Gasteiger partial charge in [0.2, 0.25) is 0 Å². The molecule has 1 fully saturated rings. The van der Waals surface area contributed by atoms with E-state index in [1.54, 1.807) is 6.20 Å². The van der Waals surface area contributed by atoms with Crippen LogP contribution in [0.15, 0.2) is 6.20 Å². The fourth-order valence-electron chi connectivity index (χ4n) is 1.97. The summed E-state index contributed by atoms with van der Waals surface area (Å²) in [6, 6.07) is -0.448. The van der Waals surface area contributed by atoms with E-state index < -0.39 is 12.0 Å². The van der Waals surface area contributed by atoms with Crippen molar-refractivity contribution in [3.8, 4) is 0 Å². The molecule has 0 aliphatic carbocycles. The Kier molecular flexibility index (Phi) is 2.77. The highest BCUT2D eigenvalue weighted by Gasteiger charge is 2.31. The largest absolute Gasteiger partial charge is 0.480 e. The number of nitrogens with zero attached hydrogens (tertiary/aromatic N) is 3. The van der Waals surface area contributed by atoms with Crippen molar-refractivity contribution in [3.05, 3.63) is 17.6 Å². The predicted molar refractivity (Wildman–Crippen MR) is 59.5 cm³/mol. The number of aliphatic carboxylic acids is 1. The highest BCUT2D eigenvalue weighted by atomic mass is 16.4. The number of hydrogen-bond acceptors (Lipinski definition) is 4. The number of carboxylic acids is 1. The molecule has 2 rings (SSSR count). The third-order valence-corrected chi connectivity index (χ3v) is 3.01. The van der Waals surface area contributed by atoms with Gasteiger partial charge in [-0.2, -0.15) is 0 Å². The smallest absolute Gasteiger partial charge is 0.326 e. The standard InChI is InChI=1S/C11H15N3O2/c1-7-8(2)13-10(6-12-7)14-5-3-4-9(14)11(15)16/h6,9H,3-5H2,1-2H3,(H,15,16). The number of rotatable bonds is 2. The van der Waals surface area contributed by atoms with E-state index in [4.69, 9.17) is 5.11 Å². The highest BCUT2D eigenvalue weighted by molar-refractivity contribution is 5.78. The molecule has 0 radical (unpaired) electrons. The molecule has 1 aromatic rings. The minimum absolute atomic E-state index is 0.448. The lowest BCUT2D eigenvalue weighted by Gasteiger charge is -2.22. The van der Waals surface area contributed by atoms with Gasteiger partial charge in [-0.1, -0.05) is 0 Å². The summed E-state index contributed by atoms with van der Waals surface area (Å²) in [7, 11) is 0. The summed E-state index contributed by atoms with van der Waals surface area (Å²) >= 11 is 0. The minimum Gasteiger partial charge on any atom is -0.480 e. The molecule has 1 saturated heterocycles. The number of aromatic nitrogens is 2. The number of aryl methyl sites for hydroxylation is 2. The maximum Gasteiger partial charge on any atom is 0.326 e. The van der Waals surface area contributed by atoms with Gasteiger partial charge in [-0.25, -0.2) is 9.78 Å². The van der Waals surface area contributed by atoms with Gasteiger partial charge in [0.1, 0.15) is 11.9 Å². The van der Waals surface area contributed by atoms with E-state index in [1.165, 1.54) is 0 Å². The van der Waals surface area contributed by atoms with Crippen LogP contribution in [0.25, 0.3) is 0 Å². The average Bonchev–Trinajstić information content (AvgIpc) is 2.71. The first-order valence-corrected chi connectivity index (χ1v) is 5.39. The minimum atomic E-state index is -0.780. The Balaban J connectivity index is 2.29. The van der Waals surface area contributed by atoms with Crippen LogP contribution in [-0.4, -0.2) is 33.6 Å². The van der Waals surface area contributed by atoms with E-state index in [0.29, 0.717) is 12.2 Å². The fourth-order valence-corrected chi connectivity index (χ4v) is 1.97. The van der Waals surface area contributed by atoms with Crippen molar-refractivity contribution >= 4 is 11.8 Å². The number of anilines is 1. The molecule has 1 N–H and O–H groups in total. The molecule has 1 aliphatic heterocycles. The molecule has 0 amide bonds. The van der Waals surface area contributed by atoms with Crippen LogP contribution < -0.4 is 4.90 Å². The van der Waals surface area contributed by atoms with Gasteiger partial charge in [0.15, 0.2) is 0 Å². The fraction of sp³-hybridized carbons (Fsp3) is 0.545. The molecule has 86 valence electrons. The van der Waals surface area contributed by atoms with E-state index in [1.807, 2.05) is 18.7 Å². The van der Waals surface area contributed by atoms with Gasteiger partial charge in [0, 0.05) is 6.54 Å². The molecule has 1 aliphatic rings. The zero-order chi connectivity index (χ0) is 11.7. The lowest BCUT2D eigenvalue weighted by atomic mass is 10.2. The van der Waals surface area contributed by atoms with Crippen LogP contribution in [0.5, 0.6) is 0 Å². The second-order valence-corrected chi connectivity index (χ2v) is 4.09. The van der Waals surface area contributed by atoms with Crippen molar-refractivity contribution in [2.75, 3.05) is 11.4 Å². The van der Waals surface area contributed by atoms with Crippen molar-refractivity contribution in [2.45, 2.75) is 32.7 Å². The van der Waals surface area contributed by atoms with E-state index in [9.17, 15) is 4.79 Å². The van der Waals surface area contributed by atoms with Gasteiger partial charge < -0.3 is 10.0 Å². The molecule has 0 aromatic carbocycles. The second-order valence-electron chi connectivity index (χ2n) is 4.09. The molecule has 0 spiro atoms. The molecule has 16 heavy (non-hydrogen) atoms. The van der Waals surface area contributed by atoms with Gasteiger partial charge >= 0.3 is 5.97 Å². The summed E-state index contributed by atoms with van der Waals surface area (Å²) in [5.41, 5.74) is 1.74. The molecular weight excluding hydrogens is 206 g/mol. The third kappa shape index (κ3) is 1.85. The van der Waals surface area contributed by atoms with Crippen molar-refractivity contribution in [2.24, 2.45) is 0 Å². The molecule has 0 saturated carbocycles. The van der Waals surface area contributed by atoms with Gasteiger partial charge in [0.25, 0.3) is 0 Å². The Morgan fingerprint density at radius 1 is 1.50 bits per heavy atom. The maximum absolute atomic E-state index is 11.0. The maximum atomic E-state index is 11.0. The topological polar surface area (TPSA) is 66.3 Å². The third-order valence-electron chi connectivity index (χ3n) is 3.01. The lowest BCUT2D eigenvalue weighted by Crippen LogP contribution is -2.36. The monoisotopic (exact) mass is 221 g/mol. The first-order valence-electron chi connectivity index (χ1n) is 5.39. The van der Waals surface area contributed by atoms with E-state index in [2.05, 4.69) is 9.97 Å². The van der Waals surface area contributed by atoms with Gasteiger partial charge in [-0.05, 0) is 26.7 Å². The predicted octanol–water partition coefficient (Wildman–Crippen LogP) is 1.15. The van der Waals surface area contributed by atoms with Gasteiger partial charge in [-0.3, -0.25) is 4.98 Å². The number of hydrogen-bond donors (Lipinski definition) is 1. The first-order chi connectivity index (χ1) is 7.59. The van der Waals surface area contributed by atoms with Crippen molar-refractivity contribution in [3.63, 3.8) is 0 Å². The first kappa shape index (κ1) is 10.9. The average molecular weight is 221 g/mol. The Hall–Kier alpha value is -1.65. The Labute approximate surface area is 94.1 Å². The summed E-state index contributed by atoms with van der Waals surface area (Å²) in [5, 5.41) is 9.08. The lowest BCUT2D eigenvalue weighted by molar-refractivity contribution is -0.138. The normalized spacial score (nSPS) is 20.1. The number of carboxylic acid groups (broad SMARTS) is 1. The molecular formula is C11H15N3O2. The Bertz CT molecular complexity index is 420. The zero-order valence-electron chi connectivity index (χ0n) is 9.47. The van der Waals surface area contributed by atoms with Crippen molar-refractivity contribution < 1.29 is 9.90 Å². The quantitative estimate of drug-likeness (QED) is 0.811. The Morgan fingerprint density at radius 3 is 2.88 bits per heavy atom. The summed E-state index contributed by atoms with van der Waals surface area (Å²) in [4.78, 5) is 21.5. The van der Waals surface area contributed by atoms with E-state index >= 15 is 0 Å². The molecule has 1 atom stereocenters. The molecule has 1 aromatic heterocycles. The van der Waals surface area contributed by atoms with Crippen LogP contribution in [0, 0.1) is 13.8 Å². The summed E-state index contributed by atoms with van der Waals surface area (Å²) in [6.45, 7) is 4.52. The summed E-state index contributed by atoms with van der Waals surface area (Å²) in [5.74, 6) is -0.106. The molecule has 2 heterocycles.